The van der Waals surface area contributed by atoms with Gasteiger partial charge in [-0.1, -0.05) is 12.1 Å². The molecule has 138 valence electrons. The zero-order chi connectivity index (χ0) is 18.1. The highest BCUT2D eigenvalue weighted by Gasteiger charge is 2.24. The molecule has 0 radical (unpaired) electrons. The maximum atomic E-state index is 12.2. The minimum Gasteiger partial charge on any atom is -0.492 e. The number of benzene rings is 1. The van der Waals surface area contributed by atoms with E-state index >= 15 is 0 Å². The molecule has 1 saturated heterocycles. The van der Waals surface area contributed by atoms with E-state index in [4.69, 9.17) is 9.47 Å². The van der Waals surface area contributed by atoms with Crippen LogP contribution in [0.1, 0.15) is 26.7 Å². The summed E-state index contributed by atoms with van der Waals surface area (Å²) in [6.45, 7) is 6.05. The van der Waals surface area contributed by atoms with Gasteiger partial charge in [0, 0.05) is 19.1 Å². The fourth-order valence-corrected chi connectivity index (χ4v) is 2.77. The fraction of sp³-hybridized carbons (Fsp3) is 0.556. The molecular weight excluding hydrogens is 322 g/mol. The third-order valence-corrected chi connectivity index (χ3v) is 4.01. The summed E-state index contributed by atoms with van der Waals surface area (Å²) in [6.07, 6.45) is 1.20. The lowest BCUT2D eigenvalue weighted by Crippen LogP contribution is -2.47. The standard InChI is InChI=1S/C18H27N3O4/c1-3-24-16-8-6-5-7-15(16)19-13-17(22)20-14-9-11-21(12-10-14)18(23)25-4-2/h5-8,14,19H,3-4,9-13H2,1-2H3,(H,20,22). The third-order valence-electron chi connectivity index (χ3n) is 4.01. The van der Waals surface area contributed by atoms with Crippen molar-refractivity contribution >= 4 is 17.7 Å². The van der Waals surface area contributed by atoms with Crippen LogP contribution in [0.15, 0.2) is 24.3 Å². The van der Waals surface area contributed by atoms with Gasteiger partial charge in [0.2, 0.25) is 5.91 Å². The first-order valence-corrected chi connectivity index (χ1v) is 8.80. The van der Waals surface area contributed by atoms with E-state index in [0.717, 1.165) is 24.3 Å². The highest BCUT2D eigenvalue weighted by molar-refractivity contribution is 5.81. The number of nitrogens with zero attached hydrogens (tertiary/aromatic N) is 1. The van der Waals surface area contributed by atoms with Crippen molar-refractivity contribution in [3.8, 4) is 5.75 Å². The quantitative estimate of drug-likeness (QED) is 0.789. The number of rotatable bonds is 7. The first kappa shape index (κ1) is 18.9. The summed E-state index contributed by atoms with van der Waals surface area (Å²) in [4.78, 5) is 25.5. The predicted molar refractivity (Wildman–Crippen MR) is 95.9 cm³/mol. The first-order chi connectivity index (χ1) is 12.1. The number of likely N-dealkylation sites (tertiary alicyclic amines) is 1. The maximum Gasteiger partial charge on any atom is 0.409 e. The topological polar surface area (TPSA) is 79.9 Å². The van der Waals surface area contributed by atoms with Crippen LogP contribution in [-0.2, 0) is 9.53 Å². The van der Waals surface area contributed by atoms with Crippen LogP contribution in [0.4, 0.5) is 10.5 Å². The Balaban J connectivity index is 1.74. The largest absolute Gasteiger partial charge is 0.492 e. The molecule has 1 fully saturated rings. The number of amides is 2. The average Bonchev–Trinajstić information content (AvgIpc) is 2.62. The molecule has 1 aliphatic heterocycles. The molecule has 7 heteroatoms. The molecule has 25 heavy (non-hydrogen) atoms. The third kappa shape index (κ3) is 5.85. The van der Waals surface area contributed by atoms with Crippen molar-refractivity contribution in [2.75, 3.05) is 38.2 Å². The molecule has 1 aromatic rings. The van der Waals surface area contributed by atoms with Gasteiger partial charge in [0.15, 0.2) is 0 Å². The van der Waals surface area contributed by atoms with Gasteiger partial charge in [0.05, 0.1) is 25.4 Å². The van der Waals surface area contributed by atoms with Crippen LogP contribution >= 0.6 is 0 Å². The van der Waals surface area contributed by atoms with Gasteiger partial charge in [-0.15, -0.1) is 0 Å². The molecule has 0 aromatic heterocycles. The van der Waals surface area contributed by atoms with Gasteiger partial charge in [-0.2, -0.15) is 0 Å². The predicted octanol–water partition coefficient (Wildman–Crippen LogP) is 2.23. The first-order valence-electron chi connectivity index (χ1n) is 8.80. The van der Waals surface area contributed by atoms with Gasteiger partial charge in [-0.05, 0) is 38.8 Å². The summed E-state index contributed by atoms with van der Waals surface area (Å²) in [5, 5.41) is 6.12. The summed E-state index contributed by atoms with van der Waals surface area (Å²) < 4.78 is 10.5. The molecule has 0 saturated carbocycles. The van der Waals surface area contributed by atoms with Gasteiger partial charge >= 0.3 is 6.09 Å². The van der Waals surface area contributed by atoms with Crippen LogP contribution in [-0.4, -0.2) is 55.8 Å². The lowest BCUT2D eigenvalue weighted by atomic mass is 10.1. The Hall–Kier alpha value is -2.44. The number of ether oxygens (including phenoxy) is 2. The number of carbonyl (C=O) groups excluding carboxylic acids is 2. The number of hydrogen-bond acceptors (Lipinski definition) is 5. The summed E-state index contributed by atoms with van der Waals surface area (Å²) in [5.74, 6) is 0.668. The van der Waals surface area contributed by atoms with Crippen molar-refractivity contribution in [2.45, 2.75) is 32.7 Å². The number of para-hydroxylation sites is 2. The van der Waals surface area contributed by atoms with Crippen LogP contribution in [0.2, 0.25) is 0 Å². The summed E-state index contributed by atoms with van der Waals surface area (Å²) in [5.41, 5.74) is 0.802. The minimum absolute atomic E-state index is 0.0686. The number of carbonyl (C=O) groups is 2. The van der Waals surface area contributed by atoms with Gasteiger partial charge < -0.3 is 25.0 Å². The van der Waals surface area contributed by atoms with E-state index in [1.165, 1.54) is 0 Å². The second-order valence-electron chi connectivity index (χ2n) is 5.81. The Kier molecular flexibility index (Phi) is 7.37. The normalized spacial score (nSPS) is 14.7. The molecule has 0 aliphatic carbocycles. The SMILES string of the molecule is CCOC(=O)N1CCC(NC(=O)CNc2ccccc2OCC)CC1. The van der Waals surface area contributed by atoms with Gasteiger partial charge in [0.25, 0.3) is 0 Å². The van der Waals surface area contributed by atoms with Crippen molar-refractivity contribution in [2.24, 2.45) is 0 Å². The Morgan fingerprint density at radius 3 is 2.56 bits per heavy atom. The van der Waals surface area contributed by atoms with Crippen molar-refractivity contribution in [3.05, 3.63) is 24.3 Å². The van der Waals surface area contributed by atoms with Gasteiger partial charge in [0.1, 0.15) is 5.75 Å². The highest BCUT2D eigenvalue weighted by atomic mass is 16.6. The maximum absolute atomic E-state index is 12.2. The monoisotopic (exact) mass is 349 g/mol. The van der Waals surface area contributed by atoms with Gasteiger partial charge in [-0.3, -0.25) is 4.79 Å². The zero-order valence-corrected chi connectivity index (χ0v) is 14.9. The van der Waals surface area contributed by atoms with E-state index in [0.29, 0.717) is 26.3 Å². The minimum atomic E-state index is -0.276. The summed E-state index contributed by atoms with van der Waals surface area (Å²) in [6, 6.07) is 7.63. The van der Waals surface area contributed by atoms with Crippen LogP contribution in [0.3, 0.4) is 0 Å². The zero-order valence-electron chi connectivity index (χ0n) is 14.9. The molecule has 1 aromatic carbocycles. The number of anilines is 1. The molecule has 1 aliphatic rings. The van der Waals surface area contributed by atoms with E-state index in [1.54, 1.807) is 11.8 Å². The van der Waals surface area contributed by atoms with Crippen LogP contribution in [0.25, 0.3) is 0 Å². The molecule has 2 amide bonds. The second-order valence-corrected chi connectivity index (χ2v) is 5.81. The van der Waals surface area contributed by atoms with E-state index in [1.807, 2.05) is 31.2 Å². The summed E-state index contributed by atoms with van der Waals surface area (Å²) in [7, 11) is 0. The van der Waals surface area contributed by atoms with Crippen molar-refractivity contribution < 1.29 is 19.1 Å². The van der Waals surface area contributed by atoms with Crippen LogP contribution in [0.5, 0.6) is 5.75 Å². The van der Waals surface area contributed by atoms with Crippen molar-refractivity contribution in [1.82, 2.24) is 10.2 Å². The summed E-state index contributed by atoms with van der Waals surface area (Å²) >= 11 is 0. The molecule has 0 spiro atoms. The van der Waals surface area contributed by atoms with E-state index < -0.39 is 0 Å². The molecule has 2 N–H and O–H groups in total. The lowest BCUT2D eigenvalue weighted by molar-refractivity contribution is -0.120. The van der Waals surface area contributed by atoms with Gasteiger partial charge in [-0.25, -0.2) is 4.79 Å². The van der Waals surface area contributed by atoms with Crippen molar-refractivity contribution in [3.63, 3.8) is 0 Å². The Morgan fingerprint density at radius 1 is 1.16 bits per heavy atom. The molecule has 0 bridgehead atoms. The van der Waals surface area contributed by atoms with Crippen LogP contribution in [0, 0.1) is 0 Å². The lowest BCUT2D eigenvalue weighted by Gasteiger charge is -2.31. The van der Waals surface area contributed by atoms with E-state index in [-0.39, 0.29) is 24.6 Å². The highest BCUT2D eigenvalue weighted by Crippen LogP contribution is 2.23. The second kappa shape index (κ2) is 9.76. The number of piperidine rings is 1. The molecule has 0 unspecified atom stereocenters. The smallest absolute Gasteiger partial charge is 0.409 e. The Morgan fingerprint density at radius 2 is 1.88 bits per heavy atom. The number of nitrogens with one attached hydrogen (secondary N) is 2. The molecular formula is C18H27N3O4. The molecule has 0 atom stereocenters. The van der Waals surface area contributed by atoms with E-state index in [2.05, 4.69) is 10.6 Å². The number of hydrogen-bond donors (Lipinski definition) is 2. The van der Waals surface area contributed by atoms with E-state index in [9.17, 15) is 9.59 Å². The molecule has 7 nitrogen and oxygen atoms in total. The Bertz CT molecular complexity index is 571. The van der Waals surface area contributed by atoms with Crippen molar-refractivity contribution in [1.29, 1.82) is 0 Å². The fourth-order valence-electron chi connectivity index (χ4n) is 2.77. The molecule has 1 heterocycles. The average molecular weight is 349 g/mol. The van der Waals surface area contributed by atoms with Crippen LogP contribution < -0.4 is 15.4 Å². The molecule has 2 rings (SSSR count). The Labute approximate surface area is 148 Å².